The third-order valence-corrected chi connectivity index (χ3v) is 6.44. The van der Waals surface area contributed by atoms with E-state index in [1.807, 2.05) is 35.2 Å². The molecule has 0 spiro atoms. The van der Waals surface area contributed by atoms with Gasteiger partial charge in [0.15, 0.2) is 16.7 Å². The third kappa shape index (κ3) is 2.73. The van der Waals surface area contributed by atoms with E-state index in [2.05, 4.69) is 24.8 Å². The zero-order chi connectivity index (χ0) is 19.1. The number of rotatable bonds is 2. The fourth-order valence-corrected chi connectivity index (χ4v) is 5.23. The van der Waals surface area contributed by atoms with Crippen molar-refractivity contribution in [2.75, 3.05) is 23.9 Å². The molecule has 0 fully saturated rings. The first kappa shape index (κ1) is 17.2. The number of aliphatic imine (C=N–C) groups is 1. The summed E-state index contributed by atoms with van der Waals surface area (Å²) in [7, 11) is 0. The van der Waals surface area contributed by atoms with Gasteiger partial charge in [-0.2, -0.15) is 5.26 Å². The molecule has 0 saturated heterocycles. The van der Waals surface area contributed by atoms with Crippen molar-refractivity contribution in [1.29, 1.82) is 5.26 Å². The molecule has 0 saturated carbocycles. The van der Waals surface area contributed by atoms with Crippen LogP contribution in [0.25, 0.3) is 15.8 Å². The second-order valence-electron chi connectivity index (χ2n) is 6.23. The molecule has 0 unspecified atom stereocenters. The molecule has 0 bridgehead atoms. The Hall–Kier alpha value is -2.95. The van der Waals surface area contributed by atoms with Crippen molar-refractivity contribution in [1.82, 2.24) is 0 Å². The molecule has 2 aliphatic heterocycles. The van der Waals surface area contributed by atoms with Gasteiger partial charge in [0.2, 0.25) is 0 Å². The number of amidine groups is 1. The van der Waals surface area contributed by atoms with Crippen LogP contribution in [-0.4, -0.2) is 24.1 Å². The lowest BCUT2D eigenvalue weighted by molar-refractivity contribution is 0.171. The van der Waals surface area contributed by atoms with Gasteiger partial charge in [-0.3, -0.25) is 4.90 Å². The quantitative estimate of drug-likeness (QED) is 0.571. The summed E-state index contributed by atoms with van der Waals surface area (Å²) in [5.74, 6) is 1.76. The largest absolute Gasteiger partial charge is 0.486 e. The molecule has 0 amide bonds. The second kappa shape index (κ2) is 6.89. The summed E-state index contributed by atoms with van der Waals surface area (Å²) >= 11 is 3.05. The van der Waals surface area contributed by atoms with E-state index in [1.54, 1.807) is 11.3 Å². The van der Waals surface area contributed by atoms with Crippen molar-refractivity contribution in [3.63, 3.8) is 0 Å². The van der Waals surface area contributed by atoms with Crippen LogP contribution in [0.4, 0.5) is 10.7 Å². The van der Waals surface area contributed by atoms with Gasteiger partial charge in [-0.1, -0.05) is 36.5 Å². The van der Waals surface area contributed by atoms with Crippen molar-refractivity contribution >= 4 is 54.7 Å². The van der Waals surface area contributed by atoms with E-state index in [4.69, 9.17) is 19.7 Å². The molecule has 0 aliphatic carbocycles. The summed E-state index contributed by atoms with van der Waals surface area (Å²) in [5, 5.41) is 11.9. The van der Waals surface area contributed by atoms with Crippen LogP contribution in [0.3, 0.4) is 0 Å². The summed E-state index contributed by atoms with van der Waals surface area (Å²) in [6.45, 7) is 5.47. The van der Waals surface area contributed by atoms with Crippen molar-refractivity contribution in [3.05, 3.63) is 54.6 Å². The number of thiophene rings is 1. The molecule has 1 aromatic heterocycles. The highest BCUT2D eigenvalue weighted by atomic mass is 32.2. The maximum atomic E-state index is 9.09. The Balaban J connectivity index is 1.65. The highest BCUT2D eigenvalue weighted by Gasteiger charge is 2.29. The smallest absolute Gasteiger partial charge is 0.175 e. The first-order valence-corrected chi connectivity index (χ1v) is 10.6. The Bertz CT molecular complexity index is 1180. The summed E-state index contributed by atoms with van der Waals surface area (Å²) in [6.07, 6.45) is 0. The summed E-state index contributed by atoms with van der Waals surface area (Å²) in [6, 6.07) is 16.3. The minimum Gasteiger partial charge on any atom is -0.486 e. The third-order valence-electron chi connectivity index (χ3n) is 4.57. The molecule has 3 aromatic rings. The first-order chi connectivity index (χ1) is 13.8. The van der Waals surface area contributed by atoms with Gasteiger partial charge in [0, 0.05) is 21.7 Å². The SMILES string of the molecule is C=C1c2c(sc3ccccc23)N=C(SCC#N)N1c1ccc2c(c1)OCCO2. The van der Waals surface area contributed by atoms with E-state index in [-0.39, 0.29) is 0 Å². The maximum Gasteiger partial charge on any atom is 0.175 e. The molecule has 7 heteroatoms. The van der Waals surface area contributed by atoms with Crippen LogP contribution in [0, 0.1) is 11.3 Å². The molecule has 2 aromatic carbocycles. The fraction of sp³-hybridized carbons (Fsp3) is 0.143. The molecule has 0 N–H and O–H groups in total. The minimum absolute atomic E-state index is 0.313. The topological polar surface area (TPSA) is 57.9 Å². The van der Waals surface area contributed by atoms with Crippen LogP contribution in [0.5, 0.6) is 11.5 Å². The Morgan fingerprint density at radius 1 is 1.18 bits per heavy atom. The monoisotopic (exact) mass is 405 g/mol. The maximum absolute atomic E-state index is 9.09. The van der Waals surface area contributed by atoms with Crippen LogP contribution >= 0.6 is 23.1 Å². The Morgan fingerprint density at radius 3 is 2.86 bits per heavy atom. The van der Waals surface area contributed by atoms with Crippen molar-refractivity contribution < 1.29 is 9.47 Å². The molecule has 0 radical (unpaired) electrons. The van der Waals surface area contributed by atoms with Crippen LogP contribution in [0.15, 0.2) is 54.0 Å². The number of benzene rings is 2. The molecule has 0 atom stereocenters. The van der Waals surface area contributed by atoms with Crippen LogP contribution in [-0.2, 0) is 0 Å². The average Bonchev–Trinajstić information content (AvgIpc) is 3.10. The number of ether oxygens (including phenoxy) is 2. The van der Waals surface area contributed by atoms with E-state index >= 15 is 0 Å². The van der Waals surface area contributed by atoms with Gasteiger partial charge in [-0.25, -0.2) is 4.99 Å². The summed E-state index contributed by atoms with van der Waals surface area (Å²) < 4.78 is 12.6. The van der Waals surface area contributed by atoms with Crippen molar-refractivity contribution in [2.45, 2.75) is 0 Å². The van der Waals surface area contributed by atoms with Crippen LogP contribution < -0.4 is 14.4 Å². The predicted molar refractivity (Wildman–Crippen MR) is 116 cm³/mol. The Morgan fingerprint density at radius 2 is 2.00 bits per heavy atom. The average molecular weight is 406 g/mol. The molecular weight excluding hydrogens is 390 g/mol. The highest BCUT2D eigenvalue weighted by Crippen LogP contribution is 2.48. The lowest BCUT2D eigenvalue weighted by atomic mass is 10.1. The van der Waals surface area contributed by atoms with Crippen LogP contribution in [0.1, 0.15) is 5.56 Å². The number of thioether (sulfide) groups is 1. The van der Waals surface area contributed by atoms with Crippen LogP contribution in [0.2, 0.25) is 0 Å². The van der Waals surface area contributed by atoms with Gasteiger partial charge in [0.05, 0.1) is 23.2 Å². The molecule has 5 nitrogen and oxygen atoms in total. The number of fused-ring (bicyclic) bond motifs is 4. The predicted octanol–water partition coefficient (Wildman–Crippen LogP) is 5.41. The number of hydrogen-bond acceptors (Lipinski definition) is 7. The zero-order valence-electron chi connectivity index (χ0n) is 14.8. The van der Waals surface area contributed by atoms with E-state index in [0.29, 0.717) is 24.7 Å². The van der Waals surface area contributed by atoms with Gasteiger partial charge < -0.3 is 9.47 Å². The van der Waals surface area contributed by atoms with E-state index in [1.165, 1.54) is 16.5 Å². The molecule has 2 aliphatic rings. The first-order valence-electron chi connectivity index (χ1n) is 8.75. The van der Waals surface area contributed by atoms with Gasteiger partial charge in [-0.15, -0.1) is 11.3 Å². The number of nitriles is 1. The van der Waals surface area contributed by atoms with E-state index in [9.17, 15) is 0 Å². The number of anilines is 1. The van der Waals surface area contributed by atoms with E-state index in [0.717, 1.165) is 38.3 Å². The zero-order valence-corrected chi connectivity index (χ0v) is 16.5. The van der Waals surface area contributed by atoms with Crippen molar-refractivity contribution in [2.24, 2.45) is 4.99 Å². The Kier molecular flexibility index (Phi) is 4.23. The van der Waals surface area contributed by atoms with Gasteiger partial charge >= 0.3 is 0 Å². The molecule has 3 heterocycles. The molecular formula is C21H15N3O2S2. The lowest BCUT2D eigenvalue weighted by Gasteiger charge is -2.31. The standard InChI is InChI=1S/C21H15N3O2S2/c1-13-19-15-4-2-3-5-18(15)28-20(19)23-21(27-11-8-22)24(13)14-6-7-16-17(12-14)26-10-9-25-16/h2-7,12H,1,9-11H2. The Labute approximate surface area is 170 Å². The van der Waals surface area contributed by atoms with Crippen molar-refractivity contribution in [3.8, 4) is 17.6 Å². The lowest BCUT2D eigenvalue weighted by Crippen LogP contribution is -2.29. The van der Waals surface area contributed by atoms with E-state index < -0.39 is 0 Å². The number of nitrogens with zero attached hydrogens (tertiary/aromatic N) is 3. The molecule has 5 rings (SSSR count). The number of hydrogen-bond donors (Lipinski definition) is 0. The van der Waals surface area contributed by atoms with Gasteiger partial charge in [0.25, 0.3) is 0 Å². The van der Waals surface area contributed by atoms with Gasteiger partial charge in [0.1, 0.15) is 18.2 Å². The van der Waals surface area contributed by atoms with Gasteiger partial charge in [-0.05, 0) is 18.2 Å². The normalized spacial score (nSPS) is 15.2. The minimum atomic E-state index is 0.313. The highest BCUT2D eigenvalue weighted by molar-refractivity contribution is 8.14. The fourth-order valence-electron chi connectivity index (χ4n) is 3.39. The molecule has 138 valence electrons. The summed E-state index contributed by atoms with van der Waals surface area (Å²) in [4.78, 5) is 6.88. The summed E-state index contributed by atoms with van der Waals surface area (Å²) in [5.41, 5.74) is 2.77. The second-order valence-corrected chi connectivity index (χ2v) is 8.20. The molecule has 28 heavy (non-hydrogen) atoms.